The molecule has 2 rings (SSSR count). The summed E-state index contributed by atoms with van der Waals surface area (Å²) in [5.74, 6) is -0.825. The molecule has 0 fully saturated rings. The largest absolute Gasteiger partial charge is 0.432 e. The topological polar surface area (TPSA) is 65.0 Å². The van der Waals surface area contributed by atoms with Crippen molar-refractivity contribution in [2.24, 2.45) is 4.99 Å². The molecule has 0 amide bonds. The maximum atomic E-state index is 11.4. The van der Waals surface area contributed by atoms with Gasteiger partial charge in [0, 0.05) is 13.3 Å². The fourth-order valence-electron chi connectivity index (χ4n) is 1.42. The Morgan fingerprint density at radius 3 is 2.78 bits per heavy atom. The minimum Gasteiger partial charge on any atom is -0.432 e. The zero-order chi connectivity index (χ0) is 13.0. The molecule has 0 saturated carbocycles. The first-order chi connectivity index (χ1) is 8.65. The molecule has 1 aromatic rings. The van der Waals surface area contributed by atoms with E-state index in [0.29, 0.717) is 12.3 Å². The maximum Gasteiger partial charge on any atom is 0.366 e. The maximum absolute atomic E-state index is 11.4. The van der Waals surface area contributed by atoms with E-state index in [1.54, 1.807) is 0 Å². The predicted molar refractivity (Wildman–Crippen MR) is 63.5 cm³/mol. The van der Waals surface area contributed by atoms with Crippen LogP contribution in [0.1, 0.15) is 12.5 Å². The van der Waals surface area contributed by atoms with Crippen molar-refractivity contribution in [2.45, 2.75) is 13.3 Å². The van der Waals surface area contributed by atoms with Crippen molar-refractivity contribution in [3.63, 3.8) is 0 Å². The molecule has 0 unspecified atom stereocenters. The Balaban J connectivity index is 2.07. The molecular weight excluding hydrogens is 234 g/mol. The summed E-state index contributed by atoms with van der Waals surface area (Å²) in [6.07, 6.45) is 1.42. The number of nitrogens with zero attached hydrogens (tertiary/aromatic N) is 1. The standard InChI is InChI=1S/C13H11NO4/c1-9(15)17-8-11-13(16)18-12(14-11)7-10-5-3-2-4-6-10/h2-6,8H,7H2,1H3/b11-8-. The van der Waals surface area contributed by atoms with Crippen molar-refractivity contribution in [3.05, 3.63) is 47.9 Å². The van der Waals surface area contributed by atoms with E-state index in [1.165, 1.54) is 6.92 Å². The third-order valence-electron chi connectivity index (χ3n) is 2.20. The molecule has 0 radical (unpaired) electrons. The van der Waals surface area contributed by atoms with Crippen LogP contribution >= 0.6 is 0 Å². The van der Waals surface area contributed by atoms with Crippen molar-refractivity contribution < 1.29 is 19.1 Å². The highest BCUT2D eigenvalue weighted by atomic mass is 16.6. The van der Waals surface area contributed by atoms with Crippen LogP contribution in [0.3, 0.4) is 0 Å². The molecule has 1 aliphatic heterocycles. The van der Waals surface area contributed by atoms with Gasteiger partial charge in [-0.25, -0.2) is 9.79 Å². The number of hydrogen-bond donors (Lipinski definition) is 0. The SMILES string of the molecule is CC(=O)O/C=C1\N=C(Cc2ccccc2)OC1=O. The molecule has 0 atom stereocenters. The third kappa shape index (κ3) is 3.04. The lowest BCUT2D eigenvalue weighted by atomic mass is 10.1. The van der Waals surface area contributed by atoms with Gasteiger partial charge in [0.05, 0.1) is 0 Å². The van der Waals surface area contributed by atoms with Gasteiger partial charge in [-0.3, -0.25) is 4.79 Å². The molecule has 5 heteroatoms. The Kier molecular flexibility index (Phi) is 3.52. The number of benzene rings is 1. The molecule has 1 aliphatic rings. The van der Waals surface area contributed by atoms with Crippen LogP contribution in [0.4, 0.5) is 0 Å². The molecule has 1 heterocycles. The predicted octanol–water partition coefficient (Wildman–Crippen LogP) is 1.59. The van der Waals surface area contributed by atoms with Crippen LogP contribution < -0.4 is 0 Å². The highest BCUT2D eigenvalue weighted by molar-refractivity contribution is 6.05. The lowest BCUT2D eigenvalue weighted by Gasteiger charge is -1.98. The van der Waals surface area contributed by atoms with Gasteiger partial charge >= 0.3 is 11.9 Å². The summed E-state index contributed by atoms with van der Waals surface area (Å²) in [7, 11) is 0. The minimum absolute atomic E-state index is 0.00358. The molecule has 1 aromatic carbocycles. The van der Waals surface area contributed by atoms with Crippen molar-refractivity contribution in [1.82, 2.24) is 0 Å². The molecule has 0 N–H and O–H groups in total. The van der Waals surface area contributed by atoms with Gasteiger partial charge in [-0.2, -0.15) is 0 Å². The van der Waals surface area contributed by atoms with Gasteiger partial charge in [0.1, 0.15) is 6.26 Å². The molecular formula is C13H11NO4. The second-order valence-electron chi connectivity index (χ2n) is 3.67. The molecule has 18 heavy (non-hydrogen) atoms. The summed E-state index contributed by atoms with van der Waals surface area (Å²) in [6.45, 7) is 1.24. The van der Waals surface area contributed by atoms with E-state index in [1.807, 2.05) is 30.3 Å². The Morgan fingerprint density at radius 2 is 2.11 bits per heavy atom. The monoisotopic (exact) mass is 245 g/mol. The van der Waals surface area contributed by atoms with Crippen molar-refractivity contribution >= 4 is 17.8 Å². The van der Waals surface area contributed by atoms with Gasteiger partial charge in [0.2, 0.25) is 5.90 Å². The lowest BCUT2D eigenvalue weighted by molar-refractivity contribution is -0.135. The first-order valence-electron chi connectivity index (χ1n) is 5.36. The number of aliphatic imine (C=N–C) groups is 1. The van der Waals surface area contributed by atoms with E-state index in [-0.39, 0.29) is 5.70 Å². The molecule has 5 nitrogen and oxygen atoms in total. The van der Waals surface area contributed by atoms with E-state index < -0.39 is 11.9 Å². The number of esters is 2. The van der Waals surface area contributed by atoms with Crippen LogP contribution in [0, 0.1) is 0 Å². The van der Waals surface area contributed by atoms with Crippen LogP contribution in [0.25, 0.3) is 0 Å². The first-order valence-corrected chi connectivity index (χ1v) is 5.36. The number of carbonyl (C=O) groups excluding carboxylic acids is 2. The summed E-state index contributed by atoms with van der Waals surface area (Å²) in [5, 5.41) is 0. The summed E-state index contributed by atoms with van der Waals surface area (Å²) < 4.78 is 9.55. The first kappa shape index (κ1) is 12.0. The van der Waals surface area contributed by atoms with Gasteiger partial charge in [0.15, 0.2) is 5.70 Å². The highest BCUT2D eigenvalue weighted by Crippen LogP contribution is 2.14. The molecule has 0 aromatic heterocycles. The van der Waals surface area contributed by atoms with Crippen LogP contribution in [-0.2, 0) is 25.5 Å². The van der Waals surface area contributed by atoms with Crippen molar-refractivity contribution in [2.75, 3.05) is 0 Å². The number of cyclic esters (lactones) is 1. The fraction of sp³-hybridized carbons (Fsp3) is 0.154. The van der Waals surface area contributed by atoms with E-state index in [0.717, 1.165) is 11.8 Å². The van der Waals surface area contributed by atoms with E-state index >= 15 is 0 Å². The Labute approximate surface area is 104 Å². The van der Waals surface area contributed by atoms with Gasteiger partial charge in [-0.15, -0.1) is 0 Å². The number of hydrogen-bond acceptors (Lipinski definition) is 5. The average Bonchev–Trinajstić information content (AvgIpc) is 2.68. The number of rotatable bonds is 3. The van der Waals surface area contributed by atoms with E-state index in [2.05, 4.69) is 9.73 Å². The fourth-order valence-corrected chi connectivity index (χ4v) is 1.42. The summed E-state index contributed by atoms with van der Waals surface area (Å²) in [5.41, 5.74) is 0.980. The molecule has 0 aliphatic carbocycles. The van der Waals surface area contributed by atoms with Gasteiger partial charge in [-0.05, 0) is 5.56 Å². The zero-order valence-electron chi connectivity index (χ0n) is 9.75. The Bertz CT molecular complexity index is 531. The van der Waals surface area contributed by atoms with E-state index in [9.17, 15) is 9.59 Å². The molecule has 92 valence electrons. The van der Waals surface area contributed by atoms with Crippen LogP contribution in [-0.4, -0.2) is 17.8 Å². The Hall–Kier alpha value is -2.43. The smallest absolute Gasteiger partial charge is 0.366 e. The van der Waals surface area contributed by atoms with Crippen LogP contribution in [0.5, 0.6) is 0 Å². The molecule has 0 saturated heterocycles. The van der Waals surface area contributed by atoms with Crippen LogP contribution in [0.2, 0.25) is 0 Å². The second-order valence-corrected chi connectivity index (χ2v) is 3.67. The van der Waals surface area contributed by atoms with Gasteiger partial charge < -0.3 is 9.47 Å². The number of carbonyl (C=O) groups is 2. The van der Waals surface area contributed by atoms with Crippen LogP contribution in [0.15, 0.2) is 47.3 Å². The number of ether oxygens (including phenoxy) is 2. The average molecular weight is 245 g/mol. The lowest BCUT2D eigenvalue weighted by Crippen LogP contribution is -2.07. The summed E-state index contributed by atoms with van der Waals surface area (Å²) in [6, 6.07) is 9.50. The zero-order valence-corrected chi connectivity index (χ0v) is 9.75. The second kappa shape index (κ2) is 5.27. The van der Waals surface area contributed by atoms with Crippen molar-refractivity contribution in [3.8, 4) is 0 Å². The minimum atomic E-state index is -0.609. The quantitative estimate of drug-likeness (QED) is 0.461. The third-order valence-corrected chi connectivity index (χ3v) is 2.20. The molecule has 0 bridgehead atoms. The van der Waals surface area contributed by atoms with Crippen molar-refractivity contribution in [1.29, 1.82) is 0 Å². The Morgan fingerprint density at radius 1 is 1.39 bits per heavy atom. The summed E-state index contributed by atoms with van der Waals surface area (Å²) >= 11 is 0. The van der Waals surface area contributed by atoms with Gasteiger partial charge in [0.25, 0.3) is 0 Å². The van der Waals surface area contributed by atoms with Gasteiger partial charge in [-0.1, -0.05) is 30.3 Å². The highest BCUT2D eigenvalue weighted by Gasteiger charge is 2.23. The summed E-state index contributed by atoms with van der Waals surface area (Å²) in [4.78, 5) is 26.0. The normalized spacial score (nSPS) is 16.4. The molecule has 0 spiro atoms. The van der Waals surface area contributed by atoms with E-state index in [4.69, 9.17) is 4.74 Å².